The minimum absolute atomic E-state index is 0.596. The third kappa shape index (κ3) is 5.19. The molecule has 266 valence electrons. The van der Waals surface area contributed by atoms with Crippen LogP contribution in [0.4, 0.5) is 0 Å². The van der Waals surface area contributed by atoms with Gasteiger partial charge in [-0.05, 0) is 59.2 Å². The third-order valence-corrected chi connectivity index (χ3v) is 12.2. The highest BCUT2D eigenvalue weighted by molar-refractivity contribution is 7.26. The van der Waals surface area contributed by atoms with Crippen molar-refractivity contribution in [2.45, 2.75) is 0 Å². The lowest BCUT2D eigenvalue weighted by molar-refractivity contribution is 0.668. The Labute approximate surface area is 330 Å². The predicted octanol–water partition coefficient (Wildman–Crippen LogP) is 14.4. The van der Waals surface area contributed by atoms with Crippen molar-refractivity contribution in [3.63, 3.8) is 0 Å². The lowest BCUT2D eigenvalue weighted by Crippen LogP contribution is -2.00. The molecule has 4 heterocycles. The quantitative estimate of drug-likeness (QED) is 0.175. The van der Waals surface area contributed by atoms with Gasteiger partial charge in [-0.15, -0.1) is 11.3 Å². The predicted molar refractivity (Wildman–Crippen MR) is 234 cm³/mol. The second-order valence-corrected chi connectivity index (χ2v) is 15.4. The highest BCUT2D eigenvalue weighted by Crippen LogP contribution is 2.44. The maximum Gasteiger partial charge on any atom is 0.164 e. The van der Waals surface area contributed by atoms with Crippen molar-refractivity contribution in [2.24, 2.45) is 0 Å². The number of furan rings is 2. The number of nitrogens with zero attached hydrogens (tertiary/aromatic N) is 3. The van der Waals surface area contributed by atoms with Crippen LogP contribution in [0.3, 0.4) is 0 Å². The fourth-order valence-corrected chi connectivity index (χ4v) is 9.50. The van der Waals surface area contributed by atoms with E-state index in [4.69, 9.17) is 23.8 Å². The molecule has 0 unspecified atom stereocenters. The number of hydrogen-bond acceptors (Lipinski definition) is 6. The largest absolute Gasteiger partial charge is 0.456 e. The summed E-state index contributed by atoms with van der Waals surface area (Å²) < 4.78 is 14.8. The molecule has 4 aromatic heterocycles. The second kappa shape index (κ2) is 12.6. The molecule has 0 aliphatic carbocycles. The Morgan fingerprint density at radius 2 is 0.860 bits per heavy atom. The van der Waals surface area contributed by atoms with E-state index in [-0.39, 0.29) is 0 Å². The SMILES string of the molecule is c1ccc(-c2nc(-c3ccc4c(c3)oc3ccccc34)nc(-c3ccc4c(c3)sc3c(-c5ccccc5-c5ccc6oc7ccccc7c6c5)cccc34)n2)cc1. The number of fused-ring (bicyclic) bond motifs is 9. The van der Waals surface area contributed by atoms with Gasteiger partial charge in [-0.3, -0.25) is 0 Å². The summed E-state index contributed by atoms with van der Waals surface area (Å²) in [7, 11) is 0. The lowest BCUT2D eigenvalue weighted by atomic mass is 9.93. The van der Waals surface area contributed by atoms with Gasteiger partial charge >= 0.3 is 0 Å². The first-order chi connectivity index (χ1) is 28.2. The topological polar surface area (TPSA) is 65.0 Å². The van der Waals surface area contributed by atoms with E-state index in [1.165, 1.54) is 36.9 Å². The molecule has 0 amide bonds. The summed E-state index contributed by atoms with van der Waals surface area (Å²) in [5.41, 5.74) is 10.9. The van der Waals surface area contributed by atoms with Crippen molar-refractivity contribution in [1.82, 2.24) is 15.0 Å². The van der Waals surface area contributed by atoms with Crippen molar-refractivity contribution in [3.05, 3.63) is 176 Å². The number of hydrogen-bond donors (Lipinski definition) is 0. The van der Waals surface area contributed by atoms with Gasteiger partial charge < -0.3 is 8.83 Å². The molecule has 0 saturated carbocycles. The number of thiophene rings is 1. The summed E-state index contributed by atoms with van der Waals surface area (Å²) in [6.45, 7) is 0. The third-order valence-electron chi connectivity index (χ3n) is 11.0. The molecule has 0 spiro atoms. The second-order valence-electron chi connectivity index (χ2n) is 14.3. The molecule has 0 fully saturated rings. The molecular formula is C51H29N3O2S. The standard InChI is InChI=1S/C51H29N3O2S/c1-2-11-30(12-3-1)49-52-50(32-21-24-38-36-15-6-8-19-43(36)56-46(38)28-32)54-51(53-49)33-22-25-39-41-18-10-17-40(48(41)57-47(39)29-33)35-14-5-4-13-34(35)31-23-26-45-42(27-31)37-16-7-9-20-44(37)55-45/h1-29H. The maximum atomic E-state index is 6.25. The Morgan fingerprint density at radius 3 is 1.65 bits per heavy atom. The van der Waals surface area contributed by atoms with E-state index in [0.717, 1.165) is 66.1 Å². The van der Waals surface area contributed by atoms with Gasteiger partial charge in [0, 0.05) is 64.0 Å². The van der Waals surface area contributed by atoms with Crippen LogP contribution in [0.5, 0.6) is 0 Å². The van der Waals surface area contributed by atoms with Crippen LogP contribution in [0.25, 0.3) is 120 Å². The molecule has 8 aromatic carbocycles. The molecule has 0 radical (unpaired) electrons. The fraction of sp³-hybridized carbons (Fsp3) is 0. The fourth-order valence-electron chi connectivity index (χ4n) is 8.23. The van der Waals surface area contributed by atoms with Crippen LogP contribution >= 0.6 is 11.3 Å². The van der Waals surface area contributed by atoms with E-state index in [9.17, 15) is 0 Å². The Bertz CT molecular complexity index is 3540. The van der Waals surface area contributed by atoms with Crippen molar-refractivity contribution in [3.8, 4) is 56.4 Å². The molecule has 0 bridgehead atoms. The Morgan fingerprint density at radius 1 is 0.316 bits per heavy atom. The van der Waals surface area contributed by atoms with Gasteiger partial charge in [0.25, 0.3) is 0 Å². The van der Waals surface area contributed by atoms with Crippen molar-refractivity contribution in [2.75, 3.05) is 0 Å². The van der Waals surface area contributed by atoms with Crippen LogP contribution in [0, 0.1) is 0 Å². The van der Waals surface area contributed by atoms with Crippen LogP contribution in [0.2, 0.25) is 0 Å². The van der Waals surface area contributed by atoms with Gasteiger partial charge in [0.15, 0.2) is 17.5 Å². The average Bonchev–Trinajstić information content (AvgIpc) is 3.97. The van der Waals surface area contributed by atoms with Crippen LogP contribution in [0.15, 0.2) is 185 Å². The molecule has 57 heavy (non-hydrogen) atoms. The monoisotopic (exact) mass is 747 g/mol. The van der Waals surface area contributed by atoms with E-state index >= 15 is 0 Å². The summed E-state index contributed by atoms with van der Waals surface area (Å²) >= 11 is 1.81. The first kappa shape index (κ1) is 31.9. The van der Waals surface area contributed by atoms with Gasteiger partial charge in [-0.2, -0.15) is 0 Å². The van der Waals surface area contributed by atoms with Gasteiger partial charge in [-0.1, -0.05) is 133 Å². The van der Waals surface area contributed by atoms with Crippen molar-refractivity contribution in [1.29, 1.82) is 0 Å². The molecule has 0 saturated heterocycles. The van der Waals surface area contributed by atoms with E-state index in [1.807, 2.05) is 78.1 Å². The number of rotatable bonds is 5. The number of aromatic nitrogens is 3. The first-order valence-electron chi connectivity index (χ1n) is 18.9. The Balaban J connectivity index is 0.990. The number of benzene rings is 8. The van der Waals surface area contributed by atoms with Gasteiger partial charge in [0.1, 0.15) is 22.3 Å². The highest BCUT2D eigenvalue weighted by atomic mass is 32.1. The maximum absolute atomic E-state index is 6.25. The van der Waals surface area contributed by atoms with Gasteiger partial charge in [0.05, 0.1) is 0 Å². The zero-order valence-electron chi connectivity index (χ0n) is 30.3. The normalized spacial score (nSPS) is 11.9. The molecule has 0 N–H and O–H groups in total. The highest BCUT2D eigenvalue weighted by Gasteiger charge is 2.18. The summed E-state index contributed by atoms with van der Waals surface area (Å²) in [6, 6.07) is 61.1. The van der Waals surface area contributed by atoms with Crippen LogP contribution < -0.4 is 0 Å². The molecule has 5 nitrogen and oxygen atoms in total. The zero-order valence-corrected chi connectivity index (χ0v) is 31.1. The molecule has 0 aliphatic heterocycles. The summed E-state index contributed by atoms with van der Waals surface area (Å²) in [6.07, 6.45) is 0. The minimum Gasteiger partial charge on any atom is -0.456 e. The summed E-state index contributed by atoms with van der Waals surface area (Å²) in [5, 5.41) is 6.84. The number of para-hydroxylation sites is 2. The van der Waals surface area contributed by atoms with Crippen molar-refractivity contribution >= 4 is 75.4 Å². The van der Waals surface area contributed by atoms with Crippen LogP contribution in [-0.2, 0) is 0 Å². The molecule has 0 atom stereocenters. The van der Waals surface area contributed by atoms with E-state index in [1.54, 1.807) is 0 Å². The van der Waals surface area contributed by atoms with E-state index in [0.29, 0.717) is 17.5 Å². The summed E-state index contributed by atoms with van der Waals surface area (Å²) in [4.78, 5) is 15.2. The Kier molecular flexibility index (Phi) is 7.03. The summed E-state index contributed by atoms with van der Waals surface area (Å²) in [5.74, 6) is 1.84. The average molecular weight is 748 g/mol. The van der Waals surface area contributed by atoms with Crippen LogP contribution in [0.1, 0.15) is 0 Å². The molecule has 12 rings (SSSR count). The van der Waals surface area contributed by atoms with Crippen molar-refractivity contribution < 1.29 is 8.83 Å². The minimum atomic E-state index is 0.596. The molecule has 12 aromatic rings. The first-order valence-corrected chi connectivity index (χ1v) is 19.7. The van der Waals surface area contributed by atoms with Gasteiger partial charge in [-0.25, -0.2) is 15.0 Å². The molecule has 6 heteroatoms. The lowest BCUT2D eigenvalue weighted by Gasteiger charge is -2.11. The Hall–Kier alpha value is -7.41. The van der Waals surface area contributed by atoms with E-state index < -0.39 is 0 Å². The van der Waals surface area contributed by atoms with Crippen LogP contribution in [-0.4, -0.2) is 15.0 Å². The molecular weight excluding hydrogens is 719 g/mol. The molecule has 0 aliphatic rings. The van der Waals surface area contributed by atoms with Gasteiger partial charge in [0.2, 0.25) is 0 Å². The smallest absolute Gasteiger partial charge is 0.164 e. The van der Waals surface area contributed by atoms with E-state index in [2.05, 4.69) is 109 Å². The zero-order chi connectivity index (χ0) is 37.5.